The molecule has 110 valence electrons. The van der Waals surface area contributed by atoms with Crippen molar-refractivity contribution in [3.8, 4) is 11.1 Å². The summed E-state index contributed by atoms with van der Waals surface area (Å²) in [6.07, 6.45) is 2.83. The Morgan fingerprint density at radius 2 is 1.86 bits per heavy atom. The summed E-state index contributed by atoms with van der Waals surface area (Å²) < 4.78 is 1.60. The summed E-state index contributed by atoms with van der Waals surface area (Å²) in [6.45, 7) is 6.65. The molecule has 0 spiro atoms. The van der Waals surface area contributed by atoms with Gasteiger partial charge in [-0.1, -0.05) is 44.2 Å². The van der Waals surface area contributed by atoms with Crippen LogP contribution in [-0.4, -0.2) is 17.0 Å². The highest BCUT2D eigenvalue weighted by Gasteiger charge is 2.03. The molecule has 0 amide bonds. The fourth-order valence-electron chi connectivity index (χ4n) is 2.12. The van der Waals surface area contributed by atoms with Crippen LogP contribution in [0.5, 0.6) is 0 Å². The van der Waals surface area contributed by atoms with E-state index in [1.54, 1.807) is 17.7 Å². The van der Waals surface area contributed by atoms with Crippen LogP contribution in [0, 0.1) is 5.92 Å². The first-order chi connectivity index (χ1) is 10.1. The van der Waals surface area contributed by atoms with Gasteiger partial charge in [-0.15, -0.1) is 0 Å². The van der Waals surface area contributed by atoms with Gasteiger partial charge in [0.1, 0.15) is 5.49 Å². The second-order valence-corrected chi connectivity index (χ2v) is 5.59. The van der Waals surface area contributed by atoms with E-state index in [0.29, 0.717) is 5.92 Å². The minimum atomic E-state index is -0.0158. The minimum absolute atomic E-state index is 0.0158. The summed E-state index contributed by atoms with van der Waals surface area (Å²) in [5.74, 6) is 0.592. The summed E-state index contributed by atoms with van der Waals surface area (Å²) in [5, 5.41) is 0. The standard InChI is InChI=1S/C18H22N2O/c1-14(2)9-11-19-18-13-17(10-12-20(18)15(3)21)16-7-5-4-6-8-16/h4-8,10,12-14H,9,11H2,1-3H3/b19-18-. The van der Waals surface area contributed by atoms with Crippen molar-refractivity contribution < 1.29 is 4.79 Å². The van der Waals surface area contributed by atoms with Gasteiger partial charge in [-0.2, -0.15) is 0 Å². The van der Waals surface area contributed by atoms with Crippen molar-refractivity contribution in [2.75, 3.05) is 6.54 Å². The maximum absolute atomic E-state index is 11.7. The molecule has 0 aliphatic carbocycles. The molecule has 0 aliphatic rings. The van der Waals surface area contributed by atoms with Gasteiger partial charge < -0.3 is 0 Å². The van der Waals surface area contributed by atoms with Crippen molar-refractivity contribution in [1.82, 2.24) is 4.57 Å². The highest BCUT2D eigenvalue weighted by molar-refractivity contribution is 5.76. The van der Waals surface area contributed by atoms with E-state index in [4.69, 9.17) is 0 Å². The van der Waals surface area contributed by atoms with E-state index in [9.17, 15) is 4.79 Å². The molecule has 21 heavy (non-hydrogen) atoms. The molecule has 0 aliphatic heterocycles. The maximum Gasteiger partial charge on any atom is 0.229 e. The van der Waals surface area contributed by atoms with E-state index < -0.39 is 0 Å². The van der Waals surface area contributed by atoms with Gasteiger partial charge in [0.25, 0.3) is 0 Å². The lowest BCUT2D eigenvalue weighted by molar-refractivity contribution is 0.0931. The number of nitrogens with zero attached hydrogens (tertiary/aromatic N) is 2. The highest BCUT2D eigenvalue weighted by Crippen LogP contribution is 2.16. The van der Waals surface area contributed by atoms with E-state index in [2.05, 4.69) is 31.0 Å². The van der Waals surface area contributed by atoms with Gasteiger partial charge in [0.05, 0.1) is 0 Å². The molecule has 0 bridgehead atoms. The van der Waals surface area contributed by atoms with Crippen LogP contribution >= 0.6 is 0 Å². The minimum Gasteiger partial charge on any atom is -0.274 e. The molecule has 0 saturated heterocycles. The molecular weight excluding hydrogens is 260 g/mol. The Morgan fingerprint density at radius 1 is 1.14 bits per heavy atom. The third-order valence-electron chi connectivity index (χ3n) is 3.36. The Kier molecular flexibility index (Phi) is 5.09. The molecule has 0 N–H and O–H groups in total. The number of aromatic nitrogens is 1. The largest absolute Gasteiger partial charge is 0.274 e. The number of rotatable bonds is 4. The van der Waals surface area contributed by atoms with Crippen molar-refractivity contribution >= 4 is 5.91 Å². The molecule has 3 heteroatoms. The lowest BCUT2D eigenvalue weighted by Gasteiger charge is -2.07. The van der Waals surface area contributed by atoms with Crippen LogP contribution in [0.15, 0.2) is 53.7 Å². The summed E-state index contributed by atoms with van der Waals surface area (Å²) in [4.78, 5) is 16.3. The highest BCUT2D eigenvalue weighted by atomic mass is 16.1. The van der Waals surface area contributed by atoms with Crippen molar-refractivity contribution in [2.45, 2.75) is 27.2 Å². The molecule has 0 fully saturated rings. The molecule has 1 heterocycles. The molecule has 1 aromatic heterocycles. The summed E-state index contributed by atoms with van der Waals surface area (Å²) in [5.41, 5.74) is 2.94. The van der Waals surface area contributed by atoms with E-state index in [1.165, 1.54) is 0 Å². The average Bonchev–Trinajstić information content (AvgIpc) is 2.47. The van der Waals surface area contributed by atoms with Gasteiger partial charge in [0, 0.05) is 19.7 Å². The van der Waals surface area contributed by atoms with Gasteiger partial charge >= 0.3 is 0 Å². The molecule has 0 unspecified atom stereocenters. The van der Waals surface area contributed by atoms with Crippen LogP contribution in [0.25, 0.3) is 11.1 Å². The third kappa shape index (κ3) is 4.15. The molecule has 2 rings (SSSR count). The van der Waals surface area contributed by atoms with Gasteiger partial charge in [0.2, 0.25) is 5.91 Å². The zero-order valence-corrected chi connectivity index (χ0v) is 12.9. The number of carbonyl (C=O) groups is 1. The molecule has 2 aromatic rings. The molecule has 0 atom stereocenters. The first kappa shape index (κ1) is 15.2. The van der Waals surface area contributed by atoms with Gasteiger partial charge in [0.15, 0.2) is 0 Å². The van der Waals surface area contributed by atoms with Crippen molar-refractivity contribution in [3.05, 3.63) is 54.1 Å². The average molecular weight is 282 g/mol. The van der Waals surface area contributed by atoms with Crippen LogP contribution in [-0.2, 0) is 0 Å². The van der Waals surface area contributed by atoms with Gasteiger partial charge in [-0.25, -0.2) is 0 Å². The quantitative estimate of drug-likeness (QED) is 0.840. The van der Waals surface area contributed by atoms with Crippen molar-refractivity contribution in [2.24, 2.45) is 10.9 Å². The SMILES string of the molecule is CC(=O)n1ccc(-c2ccccc2)c/c1=N/CCC(C)C. The van der Waals surface area contributed by atoms with Crippen LogP contribution < -0.4 is 5.49 Å². The zero-order valence-electron chi connectivity index (χ0n) is 12.9. The zero-order chi connectivity index (χ0) is 15.2. The van der Waals surface area contributed by atoms with Crippen LogP contribution in [0.4, 0.5) is 0 Å². The Hall–Kier alpha value is -2.16. The summed E-state index contributed by atoms with van der Waals surface area (Å²) in [7, 11) is 0. The number of pyridine rings is 1. The Balaban J connectivity index is 2.42. The van der Waals surface area contributed by atoms with Crippen LogP contribution in [0.3, 0.4) is 0 Å². The first-order valence-corrected chi connectivity index (χ1v) is 7.37. The van der Waals surface area contributed by atoms with E-state index >= 15 is 0 Å². The molecule has 0 radical (unpaired) electrons. The summed E-state index contributed by atoms with van der Waals surface area (Å²) >= 11 is 0. The Bertz CT molecular complexity index is 669. The molecule has 0 saturated carbocycles. The fourth-order valence-corrected chi connectivity index (χ4v) is 2.12. The van der Waals surface area contributed by atoms with Crippen LogP contribution in [0.2, 0.25) is 0 Å². The number of carbonyl (C=O) groups excluding carboxylic acids is 1. The number of hydrogen-bond acceptors (Lipinski definition) is 2. The van der Waals surface area contributed by atoms with E-state index in [1.807, 2.05) is 30.3 Å². The van der Waals surface area contributed by atoms with Crippen molar-refractivity contribution in [3.63, 3.8) is 0 Å². The fraction of sp³-hybridized carbons (Fsp3) is 0.333. The van der Waals surface area contributed by atoms with Crippen molar-refractivity contribution in [1.29, 1.82) is 0 Å². The predicted octanol–water partition coefficient (Wildman–Crippen LogP) is 3.76. The van der Waals surface area contributed by atoms with E-state index in [-0.39, 0.29) is 5.91 Å². The lowest BCUT2D eigenvalue weighted by atomic mass is 10.1. The first-order valence-electron chi connectivity index (χ1n) is 7.37. The van der Waals surface area contributed by atoms with Gasteiger partial charge in [-0.3, -0.25) is 14.4 Å². The Morgan fingerprint density at radius 3 is 2.48 bits per heavy atom. The van der Waals surface area contributed by atoms with Crippen LogP contribution in [0.1, 0.15) is 32.0 Å². The molecule has 3 nitrogen and oxygen atoms in total. The van der Waals surface area contributed by atoms with E-state index in [0.717, 1.165) is 29.6 Å². The Labute approximate surface area is 126 Å². The smallest absolute Gasteiger partial charge is 0.229 e. The lowest BCUT2D eigenvalue weighted by Crippen LogP contribution is -2.25. The third-order valence-corrected chi connectivity index (χ3v) is 3.36. The maximum atomic E-state index is 11.7. The number of hydrogen-bond donors (Lipinski definition) is 0. The molecule has 1 aromatic carbocycles. The topological polar surface area (TPSA) is 34.4 Å². The second kappa shape index (κ2) is 7.02. The normalized spacial score (nSPS) is 11.9. The summed E-state index contributed by atoms with van der Waals surface area (Å²) in [6, 6.07) is 14.1. The molecular formula is C18H22N2O. The predicted molar refractivity (Wildman–Crippen MR) is 86.1 cm³/mol. The monoisotopic (exact) mass is 282 g/mol. The second-order valence-electron chi connectivity index (χ2n) is 5.59. The van der Waals surface area contributed by atoms with Gasteiger partial charge in [-0.05, 0) is 35.6 Å². The number of benzene rings is 1.